The average molecular weight is 263 g/mol. The Labute approximate surface area is 118 Å². The molecule has 0 aliphatic carbocycles. The Morgan fingerprint density at radius 3 is 2.37 bits per heavy atom. The van der Waals surface area contributed by atoms with Gasteiger partial charge in [0, 0.05) is 25.7 Å². The van der Waals surface area contributed by atoms with E-state index in [0.29, 0.717) is 12.5 Å². The number of likely N-dealkylation sites (N-methyl/N-ethyl adjacent to an activating group) is 1. The van der Waals surface area contributed by atoms with Gasteiger partial charge in [0.05, 0.1) is 0 Å². The number of rotatable bonds is 8. The second-order valence-electron chi connectivity index (χ2n) is 5.56. The van der Waals surface area contributed by atoms with Crippen molar-refractivity contribution >= 4 is 0 Å². The summed E-state index contributed by atoms with van der Waals surface area (Å²) in [6.45, 7) is 6.94. The molecule has 1 aromatic carbocycles. The van der Waals surface area contributed by atoms with Gasteiger partial charge in [0.15, 0.2) is 0 Å². The molecule has 3 nitrogen and oxygen atoms in total. The van der Waals surface area contributed by atoms with Gasteiger partial charge in [-0.1, -0.05) is 38.1 Å². The maximum absolute atomic E-state index is 5.84. The van der Waals surface area contributed by atoms with Gasteiger partial charge in [0.25, 0.3) is 0 Å². The van der Waals surface area contributed by atoms with Gasteiger partial charge in [-0.15, -0.1) is 0 Å². The van der Waals surface area contributed by atoms with E-state index in [0.717, 1.165) is 19.5 Å². The molecule has 0 radical (unpaired) electrons. The minimum absolute atomic E-state index is 0.0813. The lowest BCUT2D eigenvalue weighted by Crippen LogP contribution is -2.41. The van der Waals surface area contributed by atoms with Gasteiger partial charge in [0.2, 0.25) is 0 Å². The van der Waals surface area contributed by atoms with Crippen LogP contribution in [0.15, 0.2) is 24.3 Å². The van der Waals surface area contributed by atoms with Gasteiger partial charge in [-0.05, 0) is 36.9 Å². The molecule has 3 heteroatoms. The quantitative estimate of drug-likeness (QED) is 0.754. The Bertz CT molecular complexity index is 348. The molecule has 0 aliphatic heterocycles. The summed E-state index contributed by atoms with van der Waals surface area (Å²) in [5.41, 5.74) is 14.2. The van der Waals surface area contributed by atoms with Crippen LogP contribution in [0.4, 0.5) is 0 Å². The van der Waals surface area contributed by atoms with Gasteiger partial charge in [0.1, 0.15) is 0 Å². The highest BCUT2D eigenvalue weighted by molar-refractivity contribution is 5.25. The van der Waals surface area contributed by atoms with Crippen LogP contribution < -0.4 is 11.5 Å². The molecule has 0 saturated carbocycles. The van der Waals surface area contributed by atoms with Crippen molar-refractivity contribution in [1.82, 2.24) is 4.90 Å². The van der Waals surface area contributed by atoms with Crippen molar-refractivity contribution in [2.45, 2.75) is 38.6 Å². The van der Waals surface area contributed by atoms with Crippen LogP contribution in [0.2, 0.25) is 0 Å². The number of nitrogens with zero attached hydrogens (tertiary/aromatic N) is 1. The van der Waals surface area contributed by atoms with Crippen molar-refractivity contribution in [3.8, 4) is 0 Å². The van der Waals surface area contributed by atoms with Crippen LogP contribution in [0, 0.1) is 0 Å². The second kappa shape index (κ2) is 8.31. The van der Waals surface area contributed by atoms with E-state index in [1.54, 1.807) is 0 Å². The van der Waals surface area contributed by atoms with Crippen molar-refractivity contribution < 1.29 is 0 Å². The zero-order valence-electron chi connectivity index (χ0n) is 12.6. The molecule has 0 saturated heterocycles. The third-order valence-corrected chi connectivity index (χ3v) is 3.79. The van der Waals surface area contributed by atoms with Crippen LogP contribution in [0.3, 0.4) is 0 Å². The van der Waals surface area contributed by atoms with E-state index < -0.39 is 0 Å². The highest BCUT2D eigenvalue weighted by Gasteiger charge is 2.06. The van der Waals surface area contributed by atoms with Crippen LogP contribution in [-0.2, 0) is 6.42 Å². The molecular weight excluding hydrogens is 234 g/mol. The maximum Gasteiger partial charge on any atom is 0.0292 e. The molecule has 4 N–H and O–H groups in total. The summed E-state index contributed by atoms with van der Waals surface area (Å²) in [7, 11) is 2.10. The van der Waals surface area contributed by atoms with Crippen molar-refractivity contribution in [1.29, 1.82) is 0 Å². The summed E-state index contributed by atoms with van der Waals surface area (Å²) >= 11 is 0. The van der Waals surface area contributed by atoms with Gasteiger partial charge in [-0.25, -0.2) is 0 Å². The number of nitrogens with two attached hydrogens (primary N) is 2. The minimum atomic E-state index is 0.0813. The van der Waals surface area contributed by atoms with Crippen LogP contribution in [-0.4, -0.2) is 37.6 Å². The van der Waals surface area contributed by atoms with E-state index in [1.165, 1.54) is 17.5 Å². The van der Waals surface area contributed by atoms with Crippen molar-refractivity contribution in [2.24, 2.45) is 11.5 Å². The molecule has 2 atom stereocenters. The monoisotopic (exact) mass is 263 g/mol. The van der Waals surface area contributed by atoms with Gasteiger partial charge in [-0.3, -0.25) is 0 Å². The maximum atomic E-state index is 5.84. The smallest absolute Gasteiger partial charge is 0.0292 e. The van der Waals surface area contributed by atoms with Crippen LogP contribution >= 0.6 is 0 Å². The van der Waals surface area contributed by atoms with Crippen molar-refractivity contribution in [3.63, 3.8) is 0 Å². The van der Waals surface area contributed by atoms with Crippen molar-refractivity contribution in [3.05, 3.63) is 35.4 Å². The predicted octanol–water partition coefficient (Wildman–Crippen LogP) is 1.96. The first kappa shape index (κ1) is 16.2. The normalized spacial score (nSPS) is 14.6. The summed E-state index contributed by atoms with van der Waals surface area (Å²) in [6.07, 6.45) is 2.26. The molecule has 0 aromatic heterocycles. The molecule has 0 spiro atoms. The molecule has 19 heavy (non-hydrogen) atoms. The van der Waals surface area contributed by atoms with E-state index in [-0.39, 0.29) is 6.04 Å². The summed E-state index contributed by atoms with van der Waals surface area (Å²) in [4.78, 5) is 2.25. The summed E-state index contributed by atoms with van der Waals surface area (Å²) in [6, 6.07) is 9.10. The Morgan fingerprint density at radius 1 is 1.21 bits per heavy atom. The molecule has 0 fully saturated rings. The first-order chi connectivity index (χ1) is 9.06. The van der Waals surface area contributed by atoms with Gasteiger partial charge >= 0.3 is 0 Å². The van der Waals surface area contributed by atoms with Gasteiger partial charge < -0.3 is 16.4 Å². The highest BCUT2D eigenvalue weighted by Crippen LogP contribution is 2.18. The molecule has 1 aromatic rings. The Morgan fingerprint density at radius 2 is 1.84 bits per heavy atom. The zero-order chi connectivity index (χ0) is 14.3. The van der Waals surface area contributed by atoms with Gasteiger partial charge in [-0.2, -0.15) is 0 Å². The Kier molecular flexibility index (Phi) is 7.06. The zero-order valence-corrected chi connectivity index (χ0v) is 12.6. The average Bonchev–Trinajstić information content (AvgIpc) is 2.44. The van der Waals surface area contributed by atoms with E-state index in [4.69, 9.17) is 11.5 Å². The van der Waals surface area contributed by atoms with Crippen LogP contribution in [0.1, 0.15) is 37.3 Å². The fraction of sp³-hybridized carbons (Fsp3) is 0.625. The molecule has 2 unspecified atom stereocenters. The molecule has 0 amide bonds. The molecule has 108 valence electrons. The lowest BCUT2D eigenvalue weighted by Gasteiger charge is -2.20. The van der Waals surface area contributed by atoms with Crippen LogP contribution in [0.25, 0.3) is 0 Å². The topological polar surface area (TPSA) is 55.3 Å². The fourth-order valence-electron chi connectivity index (χ4n) is 2.13. The minimum Gasteiger partial charge on any atom is -0.329 e. The third-order valence-electron chi connectivity index (χ3n) is 3.79. The lowest BCUT2D eigenvalue weighted by molar-refractivity contribution is 0.316. The van der Waals surface area contributed by atoms with Crippen molar-refractivity contribution in [2.75, 3.05) is 26.7 Å². The molecule has 0 heterocycles. The number of hydrogen-bond acceptors (Lipinski definition) is 3. The first-order valence-corrected chi connectivity index (χ1v) is 7.29. The standard InChI is InChI=1S/C16H29N3/c1-4-13(2)15-7-5-14(6-8-15)9-10-19(3)12-16(18)11-17/h5-8,13,16H,4,9-12,17-18H2,1-3H3. The van der Waals surface area contributed by atoms with Crippen LogP contribution in [0.5, 0.6) is 0 Å². The number of benzene rings is 1. The highest BCUT2D eigenvalue weighted by atomic mass is 15.1. The summed E-state index contributed by atoms with van der Waals surface area (Å²) < 4.78 is 0. The molecule has 0 aliphatic rings. The SMILES string of the molecule is CCC(C)c1ccc(CCN(C)CC(N)CN)cc1. The molecule has 1 rings (SSSR count). The molecular formula is C16H29N3. The van der Waals surface area contributed by atoms with E-state index in [2.05, 4.69) is 50.1 Å². The summed E-state index contributed by atoms with van der Waals surface area (Å²) in [5.74, 6) is 0.652. The first-order valence-electron chi connectivity index (χ1n) is 7.29. The number of hydrogen-bond donors (Lipinski definition) is 2. The second-order valence-corrected chi connectivity index (χ2v) is 5.56. The summed E-state index contributed by atoms with van der Waals surface area (Å²) in [5, 5.41) is 0. The third kappa shape index (κ3) is 5.72. The fourth-order valence-corrected chi connectivity index (χ4v) is 2.13. The predicted molar refractivity (Wildman–Crippen MR) is 83.4 cm³/mol. The lowest BCUT2D eigenvalue weighted by atomic mass is 9.97. The van der Waals surface area contributed by atoms with E-state index in [1.807, 2.05) is 0 Å². The molecule has 0 bridgehead atoms. The Balaban J connectivity index is 2.41. The largest absolute Gasteiger partial charge is 0.329 e. The van der Waals surface area contributed by atoms with E-state index in [9.17, 15) is 0 Å². The van der Waals surface area contributed by atoms with E-state index >= 15 is 0 Å². The Hall–Kier alpha value is -0.900.